The molecule has 0 aromatic carbocycles. The first-order valence-electron chi connectivity index (χ1n) is 6.94. The van der Waals surface area contributed by atoms with Crippen molar-refractivity contribution in [3.8, 4) is 0 Å². The van der Waals surface area contributed by atoms with Crippen molar-refractivity contribution in [3.05, 3.63) is 22.2 Å². The lowest BCUT2D eigenvalue weighted by Gasteiger charge is -2.38. The summed E-state index contributed by atoms with van der Waals surface area (Å²) >= 11 is 1.69. The molecular formula is C15H27NOSSi. The van der Waals surface area contributed by atoms with Crippen molar-refractivity contribution in [2.45, 2.75) is 65.3 Å². The molecule has 0 radical (unpaired) electrons. The molecule has 0 aliphatic heterocycles. The van der Waals surface area contributed by atoms with Crippen LogP contribution in [0.15, 0.2) is 11.5 Å². The van der Waals surface area contributed by atoms with Crippen molar-refractivity contribution < 1.29 is 4.43 Å². The number of thiazole rings is 1. The van der Waals surface area contributed by atoms with Gasteiger partial charge in [0.1, 0.15) is 0 Å². The Kier molecular flexibility index (Phi) is 5.53. The average Bonchev–Trinajstić information content (AvgIpc) is 2.68. The summed E-state index contributed by atoms with van der Waals surface area (Å²) in [5.41, 5.74) is 1.04. The summed E-state index contributed by atoms with van der Waals surface area (Å²) in [6.07, 6.45) is 5.45. The largest absolute Gasteiger partial charge is 0.411 e. The maximum Gasteiger partial charge on any atom is 0.192 e. The Balaban J connectivity index is 2.72. The van der Waals surface area contributed by atoms with Gasteiger partial charge in [-0.3, -0.25) is 0 Å². The van der Waals surface area contributed by atoms with Crippen molar-refractivity contribution in [2.75, 3.05) is 0 Å². The lowest BCUT2D eigenvalue weighted by molar-refractivity contribution is 0.221. The van der Waals surface area contributed by atoms with Gasteiger partial charge in [0.25, 0.3) is 0 Å². The topological polar surface area (TPSA) is 22.1 Å². The normalized spacial score (nSPS) is 15.1. The van der Waals surface area contributed by atoms with E-state index < -0.39 is 8.32 Å². The zero-order chi connectivity index (χ0) is 14.7. The highest BCUT2D eigenvalue weighted by molar-refractivity contribution is 7.09. The number of aryl methyl sites for hydroxylation is 1. The smallest absolute Gasteiger partial charge is 0.192 e. The van der Waals surface area contributed by atoms with E-state index in [1.165, 1.54) is 0 Å². The predicted octanol–water partition coefficient (Wildman–Crippen LogP) is 5.27. The fourth-order valence-corrected chi connectivity index (χ4v) is 3.41. The zero-order valence-electron chi connectivity index (χ0n) is 13.3. The Morgan fingerprint density at radius 1 is 1.42 bits per heavy atom. The third-order valence-corrected chi connectivity index (χ3v) is 9.07. The molecule has 108 valence electrons. The molecule has 0 unspecified atom stereocenters. The van der Waals surface area contributed by atoms with Crippen LogP contribution in [0.1, 0.15) is 44.8 Å². The SMILES string of the molecule is CC[C@@H](/C=C/c1csc(C)n1)O[Si](C)(C)C(C)(C)C. The number of nitrogens with zero attached hydrogens (tertiary/aromatic N) is 1. The molecule has 0 saturated heterocycles. The quantitative estimate of drug-likeness (QED) is 0.691. The third kappa shape index (κ3) is 4.86. The first kappa shape index (κ1) is 16.6. The molecule has 2 nitrogen and oxygen atoms in total. The minimum absolute atomic E-state index is 0.197. The van der Waals surface area contributed by atoms with Crippen LogP contribution in [-0.4, -0.2) is 19.4 Å². The second kappa shape index (κ2) is 6.33. The van der Waals surface area contributed by atoms with Crippen LogP contribution in [0.5, 0.6) is 0 Å². The second-order valence-corrected chi connectivity index (χ2v) is 12.3. The van der Waals surface area contributed by atoms with E-state index in [2.05, 4.69) is 63.3 Å². The number of hydrogen-bond acceptors (Lipinski definition) is 3. The fraction of sp³-hybridized carbons (Fsp3) is 0.667. The van der Waals surface area contributed by atoms with E-state index in [1.807, 2.05) is 6.92 Å². The van der Waals surface area contributed by atoms with Gasteiger partial charge in [0, 0.05) is 5.38 Å². The van der Waals surface area contributed by atoms with Gasteiger partial charge in [0.15, 0.2) is 8.32 Å². The highest BCUT2D eigenvalue weighted by Gasteiger charge is 2.38. The van der Waals surface area contributed by atoms with Crippen LogP contribution in [0.3, 0.4) is 0 Å². The lowest BCUT2D eigenvalue weighted by atomic mass is 10.2. The van der Waals surface area contributed by atoms with E-state index in [1.54, 1.807) is 11.3 Å². The van der Waals surface area contributed by atoms with Gasteiger partial charge in [0.2, 0.25) is 0 Å². The van der Waals surface area contributed by atoms with E-state index in [4.69, 9.17) is 4.43 Å². The van der Waals surface area contributed by atoms with E-state index in [0.29, 0.717) is 0 Å². The maximum absolute atomic E-state index is 6.41. The van der Waals surface area contributed by atoms with Gasteiger partial charge in [-0.2, -0.15) is 0 Å². The van der Waals surface area contributed by atoms with Crippen molar-refractivity contribution in [2.24, 2.45) is 0 Å². The van der Waals surface area contributed by atoms with Crippen molar-refractivity contribution in [3.63, 3.8) is 0 Å². The zero-order valence-corrected chi connectivity index (χ0v) is 15.1. The molecule has 1 rings (SSSR count). The molecule has 4 heteroatoms. The van der Waals surface area contributed by atoms with E-state index in [-0.39, 0.29) is 11.1 Å². The summed E-state index contributed by atoms with van der Waals surface area (Å²) in [7, 11) is -1.69. The maximum atomic E-state index is 6.41. The summed E-state index contributed by atoms with van der Waals surface area (Å²) in [5, 5.41) is 3.45. The predicted molar refractivity (Wildman–Crippen MR) is 88.2 cm³/mol. The molecule has 0 saturated carbocycles. The van der Waals surface area contributed by atoms with Crippen LogP contribution in [0.2, 0.25) is 18.1 Å². The third-order valence-electron chi connectivity index (χ3n) is 3.77. The molecule has 1 aromatic heterocycles. The fourth-order valence-electron chi connectivity index (χ4n) is 1.48. The molecule has 0 N–H and O–H groups in total. The first-order chi connectivity index (χ1) is 8.65. The molecule has 0 aliphatic carbocycles. The lowest BCUT2D eigenvalue weighted by Crippen LogP contribution is -2.43. The molecule has 0 amide bonds. The Labute approximate surface area is 123 Å². The summed E-state index contributed by atoms with van der Waals surface area (Å²) < 4.78 is 6.41. The van der Waals surface area contributed by atoms with Crippen LogP contribution in [0, 0.1) is 6.92 Å². The second-order valence-electron chi connectivity index (χ2n) is 6.48. The van der Waals surface area contributed by atoms with E-state index in [0.717, 1.165) is 17.1 Å². The summed E-state index contributed by atoms with van der Waals surface area (Å²) in [6.45, 7) is 15.6. The molecule has 1 aromatic rings. The standard InChI is InChI=1S/C15H27NOSSi/c1-8-14(17-19(6,7)15(3,4)5)10-9-13-11-18-12(2)16-13/h9-11,14H,8H2,1-7H3/b10-9+/t14-/m0/s1. The van der Waals surface area contributed by atoms with Crippen LogP contribution in [0.4, 0.5) is 0 Å². The molecule has 0 aliphatic rings. The molecule has 0 fully saturated rings. The first-order valence-corrected chi connectivity index (χ1v) is 10.7. The van der Waals surface area contributed by atoms with Crippen LogP contribution in [0.25, 0.3) is 6.08 Å². The van der Waals surface area contributed by atoms with Crippen molar-refractivity contribution in [1.29, 1.82) is 0 Å². The molecule has 0 bridgehead atoms. The van der Waals surface area contributed by atoms with Crippen molar-refractivity contribution >= 4 is 25.7 Å². The minimum atomic E-state index is -1.69. The highest BCUT2D eigenvalue weighted by Crippen LogP contribution is 2.37. The van der Waals surface area contributed by atoms with Gasteiger partial charge in [-0.15, -0.1) is 11.3 Å². The van der Waals surface area contributed by atoms with Gasteiger partial charge in [-0.25, -0.2) is 4.98 Å². The van der Waals surface area contributed by atoms with E-state index >= 15 is 0 Å². The molecule has 1 atom stereocenters. The Hall–Kier alpha value is -0.453. The van der Waals surface area contributed by atoms with Crippen LogP contribution >= 0.6 is 11.3 Å². The molecule has 1 heterocycles. The Bertz CT molecular complexity index is 432. The molecular weight excluding hydrogens is 270 g/mol. The van der Waals surface area contributed by atoms with Crippen molar-refractivity contribution in [1.82, 2.24) is 4.98 Å². The summed E-state index contributed by atoms with van der Waals surface area (Å²) in [4.78, 5) is 4.45. The Morgan fingerprint density at radius 3 is 2.47 bits per heavy atom. The van der Waals surface area contributed by atoms with Crippen LogP contribution in [-0.2, 0) is 4.43 Å². The van der Waals surface area contributed by atoms with Crippen LogP contribution < -0.4 is 0 Å². The van der Waals surface area contributed by atoms with Gasteiger partial charge in [-0.1, -0.05) is 33.8 Å². The van der Waals surface area contributed by atoms with Gasteiger partial charge < -0.3 is 4.43 Å². The average molecular weight is 298 g/mol. The monoisotopic (exact) mass is 297 g/mol. The summed E-state index contributed by atoms with van der Waals surface area (Å²) in [5.74, 6) is 0. The summed E-state index contributed by atoms with van der Waals surface area (Å²) in [6, 6.07) is 0. The number of hydrogen-bond donors (Lipinski definition) is 0. The van der Waals surface area contributed by atoms with Gasteiger partial charge in [0.05, 0.1) is 16.8 Å². The van der Waals surface area contributed by atoms with Gasteiger partial charge in [-0.05, 0) is 37.6 Å². The Morgan fingerprint density at radius 2 is 2.05 bits per heavy atom. The number of aromatic nitrogens is 1. The highest BCUT2D eigenvalue weighted by atomic mass is 32.1. The molecule has 19 heavy (non-hydrogen) atoms. The molecule has 0 spiro atoms. The minimum Gasteiger partial charge on any atom is -0.411 e. The van der Waals surface area contributed by atoms with Gasteiger partial charge >= 0.3 is 0 Å². The number of rotatable bonds is 5. The van der Waals surface area contributed by atoms with E-state index in [9.17, 15) is 0 Å².